The molecule has 7 N–H and O–H groups in total. The molecule has 1 unspecified atom stereocenters. The van der Waals surface area contributed by atoms with Gasteiger partial charge in [0.25, 0.3) is 0 Å². The number of ether oxygens (including phenoxy) is 2. The number of aliphatic imine (C=N–C) groups is 1. The van der Waals surface area contributed by atoms with Crippen LogP contribution in [0.4, 0.5) is 27.8 Å². The summed E-state index contributed by atoms with van der Waals surface area (Å²) in [6.07, 6.45) is 9.32. The largest absolute Gasteiger partial charge is 0.477 e. The first-order valence-corrected chi connectivity index (χ1v) is 28.2. The van der Waals surface area contributed by atoms with Gasteiger partial charge in [-0.2, -0.15) is 9.78 Å². The van der Waals surface area contributed by atoms with Gasteiger partial charge in [0, 0.05) is 79.5 Å². The van der Waals surface area contributed by atoms with E-state index in [0.29, 0.717) is 33.8 Å². The summed E-state index contributed by atoms with van der Waals surface area (Å²) in [5, 5.41) is 25.6. The highest BCUT2D eigenvalue weighted by Gasteiger charge is 2.20. The molecule has 9 aromatic rings. The minimum Gasteiger partial charge on any atom is -0.477 e. The number of nitrogens with one attached hydrogen (secondary N) is 4. The maximum Gasteiger partial charge on any atom is 0.435 e. The zero-order valence-corrected chi connectivity index (χ0v) is 49.7. The smallest absolute Gasteiger partial charge is 0.435 e. The third kappa shape index (κ3) is 20.5. The first-order valence-electron chi connectivity index (χ1n) is 25.0. The summed E-state index contributed by atoms with van der Waals surface area (Å²) in [6, 6.07) is 32.5. The van der Waals surface area contributed by atoms with Crippen LogP contribution < -0.4 is 21.7 Å². The lowest BCUT2D eigenvalue weighted by Crippen LogP contribution is -2.39. The average Bonchev–Trinajstić information content (AvgIpc) is 4.42. The van der Waals surface area contributed by atoms with Gasteiger partial charge in [0.1, 0.15) is 22.1 Å². The predicted octanol–water partition coefficient (Wildman–Crippen LogP) is 15.1. The summed E-state index contributed by atoms with van der Waals surface area (Å²) < 4.78 is 14.5. The molecule has 1 atom stereocenters. The molecule has 0 radical (unpaired) electrons. The number of halogens is 4. The van der Waals surface area contributed by atoms with E-state index in [1.165, 1.54) is 29.1 Å². The molecule has 5 aromatic heterocycles. The third-order valence-corrected chi connectivity index (χ3v) is 13.8. The van der Waals surface area contributed by atoms with Gasteiger partial charge in [-0.1, -0.05) is 84.0 Å². The number of H-pyrrole nitrogens is 1. The van der Waals surface area contributed by atoms with Crippen LogP contribution in [0.5, 0.6) is 0 Å². The number of anilines is 4. The second-order valence-electron chi connectivity index (χ2n) is 19.2. The number of hydrogen-bond donors (Lipinski definition) is 6. The van der Waals surface area contributed by atoms with Crippen LogP contribution in [0.25, 0.3) is 37.5 Å². The quantitative estimate of drug-likeness (QED) is 0.0641. The van der Waals surface area contributed by atoms with E-state index in [1.54, 1.807) is 49.8 Å². The maximum atomic E-state index is 12.2. The number of carboxylic acids is 1. The van der Waals surface area contributed by atoms with Crippen molar-refractivity contribution >= 4 is 151 Å². The van der Waals surface area contributed by atoms with Crippen molar-refractivity contribution in [3.8, 4) is 0 Å². The Bertz CT molecular complexity index is 3540. The number of carboxylic acid groups (broad SMARTS) is 1. The Balaban J connectivity index is 0.000000191. The fourth-order valence-electron chi connectivity index (χ4n) is 7.34. The number of aromatic carboxylic acids is 1. The molecular weight excluding hydrogens is 1240 g/mol. The number of thiophene rings is 1. The Kier molecular flexibility index (Phi) is 25.3. The number of carbonyl (C=O) groups excluding carboxylic acids is 2. The number of aromatic nitrogens is 7. The molecule has 3 aliphatic heterocycles. The summed E-state index contributed by atoms with van der Waals surface area (Å²) in [7, 11) is 0. The Morgan fingerprint density at radius 2 is 1.45 bits per heavy atom. The van der Waals surface area contributed by atoms with Crippen LogP contribution in [0.2, 0.25) is 10.6 Å². The van der Waals surface area contributed by atoms with Gasteiger partial charge in [0.05, 0.1) is 30.6 Å². The van der Waals surface area contributed by atoms with Crippen molar-refractivity contribution in [2.24, 2.45) is 16.6 Å². The second kappa shape index (κ2) is 31.5. The lowest BCUT2D eigenvalue weighted by molar-refractivity contribution is 0.0522. The van der Waals surface area contributed by atoms with Gasteiger partial charge >= 0.3 is 12.1 Å². The van der Waals surface area contributed by atoms with E-state index >= 15 is 0 Å². The lowest BCUT2D eigenvalue weighted by Gasteiger charge is -2.21. The molecule has 18 nitrogen and oxygen atoms in total. The highest BCUT2D eigenvalue weighted by molar-refractivity contribution is 9.10. The Labute approximate surface area is 507 Å². The van der Waals surface area contributed by atoms with Crippen molar-refractivity contribution in [2.45, 2.75) is 67.5 Å². The summed E-state index contributed by atoms with van der Waals surface area (Å²) in [5.41, 5.74) is 11.2. The molecule has 432 valence electrons. The van der Waals surface area contributed by atoms with E-state index in [0.717, 1.165) is 89.9 Å². The fraction of sp³-hybridized carbons (Fsp3) is 0.271. The van der Waals surface area contributed by atoms with Gasteiger partial charge in [-0.25, -0.2) is 29.5 Å². The number of ketones is 1. The van der Waals surface area contributed by atoms with Crippen molar-refractivity contribution in [3.05, 3.63) is 163 Å². The van der Waals surface area contributed by atoms with Crippen LogP contribution in [-0.4, -0.2) is 108 Å². The second-order valence-corrected chi connectivity index (χ2v) is 22.8. The average molecular weight is 1300 g/mol. The van der Waals surface area contributed by atoms with Gasteiger partial charge in [-0.3, -0.25) is 9.79 Å². The SMILES string of the molecule is C.C.CC(=O)c1cc2ccc(Br)cc2[nH]1.CC(C)(C)OC(=O)n1ncc2cc(Nc3ccnc(Cl)n3)ccc21.CC1CNC1.Clc1nccc(Nc2ccc(C3=CCN=C3)cc2)n1.NC1CCOC1.O=C(O)c1cc2ccc(Br)cc2s1. The number of allylic oxidation sites excluding steroid dienone is 1. The molecule has 0 bridgehead atoms. The van der Waals surface area contributed by atoms with Crippen LogP contribution in [0.3, 0.4) is 0 Å². The van der Waals surface area contributed by atoms with E-state index < -0.39 is 17.7 Å². The van der Waals surface area contributed by atoms with E-state index in [4.69, 9.17) is 43.5 Å². The minimum absolute atomic E-state index is 0. The third-order valence-electron chi connectivity index (χ3n) is 11.4. The first-order chi connectivity index (χ1) is 38.2. The molecule has 2 saturated heterocycles. The highest BCUT2D eigenvalue weighted by atomic mass is 79.9. The molecule has 0 spiro atoms. The molecule has 23 heteroatoms. The van der Waals surface area contributed by atoms with Gasteiger partial charge in [0.2, 0.25) is 10.6 Å². The number of aromatic amines is 1. The molecule has 82 heavy (non-hydrogen) atoms. The monoisotopic (exact) mass is 1300 g/mol. The van der Waals surface area contributed by atoms with E-state index in [-0.39, 0.29) is 31.2 Å². The summed E-state index contributed by atoms with van der Waals surface area (Å²) in [6.45, 7) is 14.1. The molecular formula is C59H66Br2Cl2N12O6S. The van der Waals surface area contributed by atoms with Crippen molar-refractivity contribution in [3.63, 3.8) is 0 Å². The van der Waals surface area contributed by atoms with Gasteiger partial charge in [-0.15, -0.1) is 11.3 Å². The number of carbonyl (C=O) groups is 3. The topological polar surface area (TPSA) is 250 Å². The van der Waals surface area contributed by atoms with Crippen molar-refractivity contribution in [1.82, 2.24) is 40.0 Å². The van der Waals surface area contributed by atoms with E-state index in [2.05, 4.69) is 95.8 Å². The first kappa shape index (κ1) is 65.9. The summed E-state index contributed by atoms with van der Waals surface area (Å²) in [4.78, 5) is 57.3. The molecule has 0 amide bonds. The Morgan fingerprint density at radius 1 is 0.829 bits per heavy atom. The van der Waals surface area contributed by atoms with Crippen LogP contribution in [0, 0.1) is 5.92 Å². The van der Waals surface area contributed by atoms with Crippen molar-refractivity contribution in [2.75, 3.05) is 43.5 Å². The normalized spacial score (nSPS) is 13.9. The Morgan fingerprint density at radius 3 is 1.98 bits per heavy atom. The number of Topliss-reactive ketones (excluding diaryl/α,β-unsaturated/α-hetero) is 1. The van der Waals surface area contributed by atoms with E-state index in [9.17, 15) is 14.4 Å². The number of fused-ring (bicyclic) bond motifs is 3. The van der Waals surface area contributed by atoms with Crippen LogP contribution in [-0.2, 0) is 9.47 Å². The number of nitrogens with zero attached hydrogens (tertiary/aromatic N) is 7. The standard InChI is InChI=1S/C16H16ClN5O2.C14H11ClN4.C10H8BrNO.C9H5BrO2S.C4H9NO.C4H9N.2CH4/c1-16(2,3)24-15(23)22-12-5-4-11(8-10(12)9-19-22)20-13-6-7-18-14(17)21-13;15-14-17-8-6-13(19-14)18-12-3-1-10(2-4-12)11-5-7-16-9-11;1-6(13)9-4-7-2-3-8(11)5-10(7)12-9;10-6-2-1-5-3-8(9(11)12)13-7(5)4-6;5-4-1-2-6-3-4;1-4-2-5-3-4;;/h4-9H,1-3H3,(H,18,20,21);1-6,8-9H,7H2,(H,17,18,19);2-5,12H,1H3;1-4H,(H,11,12);4H,1-3,5H2;4-5H,2-3H2,1H3;2*1H4. The number of rotatable bonds is 7. The van der Waals surface area contributed by atoms with Crippen LogP contribution in [0.1, 0.15) is 81.6 Å². The molecule has 3 aliphatic rings. The van der Waals surface area contributed by atoms with Crippen molar-refractivity contribution in [1.29, 1.82) is 0 Å². The van der Waals surface area contributed by atoms with Gasteiger partial charge in [-0.05, 0) is 165 Å². The molecule has 0 aliphatic carbocycles. The zero-order valence-electron chi connectivity index (χ0n) is 44.2. The molecule has 12 rings (SSSR count). The van der Waals surface area contributed by atoms with E-state index in [1.807, 2.05) is 106 Å². The number of benzene rings is 4. The number of nitrogens with two attached hydrogens (primary N) is 1. The van der Waals surface area contributed by atoms with Crippen molar-refractivity contribution < 1.29 is 29.0 Å². The highest BCUT2D eigenvalue weighted by Crippen LogP contribution is 2.29. The number of hydrogen-bond acceptors (Lipinski definition) is 16. The molecule has 2 fully saturated rings. The summed E-state index contributed by atoms with van der Waals surface area (Å²) in [5.74, 6) is 1.41. The summed E-state index contributed by atoms with van der Waals surface area (Å²) >= 11 is 19.5. The van der Waals surface area contributed by atoms with Crippen LogP contribution in [0.15, 0.2) is 142 Å². The molecule has 4 aromatic carbocycles. The van der Waals surface area contributed by atoms with Crippen LogP contribution >= 0.6 is 66.4 Å². The fourth-order valence-corrected chi connectivity index (χ4v) is 9.45. The van der Waals surface area contributed by atoms with Gasteiger partial charge in [0.15, 0.2) is 5.78 Å². The minimum atomic E-state index is -0.864. The lowest BCUT2D eigenvalue weighted by atomic mass is 10.1. The molecule has 0 saturated carbocycles. The maximum absolute atomic E-state index is 12.2. The molecule has 8 heterocycles. The predicted molar refractivity (Wildman–Crippen MR) is 341 cm³/mol. The zero-order chi connectivity index (χ0) is 57.3. The Hall–Kier alpha value is -6.95. The van der Waals surface area contributed by atoms with Gasteiger partial charge < -0.3 is 41.2 Å².